The number of carbonyl (C=O) groups excluding carboxylic acids is 1. The standard InChI is InChI=1S/C14H9BrFIO/c15-11-4-1-10(13(16)8-11)7-14(18)9-2-5-12(17)6-3-9/h1-6,8H,7H2. The van der Waals surface area contributed by atoms with E-state index >= 15 is 0 Å². The zero-order chi connectivity index (χ0) is 13.1. The molecule has 0 bridgehead atoms. The fraction of sp³-hybridized carbons (Fsp3) is 0.0714. The van der Waals surface area contributed by atoms with Crippen molar-refractivity contribution in [3.8, 4) is 0 Å². The van der Waals surface area contributed by atoms with E-state index in [1.54, 1.807) is 24.3 Å². The largest absolute Gasteiger partial charge is 0.294 e. The van der Waals surface area contributed by atoms with Crippen LogP contribution in [0.25, 0.3) is 0 Å². The summed E-state index contributed by atoms with van der Waals surface area (Å²) < 4.78 is 15.3. The van der Waals surface area contributed by atoms with Crippen LogP contribution in [0.5, 0.6) is 0 Å². The molecule has 0 unspecified atom stereocenters. The summed E-state index contributed by atoms with van der Waals surface area (Å²) in [5.74, 6) is -0.434. The van der Waals surface area contributed by atoms with E-state index in [9.17, 15) is 9.18 Å². The molecular formula is C14H9BrFIO. The maximum Gasteiger partial charge on any atom is 0.167 e. The van der Waals surface area contributed by atoms with Crippen molar-refractivity contribution < 1.29 is 9.18 Å². The minimum atomic E-state index is -0.358. The van der Waals surface area contributed by atoms with Crippen LogP contribution in [0.3, 0.4) is 0 Å². The topological polar surface area (TPSA) is 17.1 Å². The Hall–Kier alpha value is -0.750. The zero-order valence-electron chi connectivity index (χ0n) is 9.29. The molecule has 0 aliphatic heterocycles. The van der Waals surface area contributed by atoms with Crippen LogP contribution in [-0.2, 0) is 6.42 Å². The lowest BCUT2D eigenvalue weighted by atomic mass is 10.0. The molecule has 2 aromatic rings. The molecular weight excluding hydrogens is 410 g/mol. The number of halogens is 3. The van der Waals surface area contributed by atoms with E-state index in [1.165, 1.54) is 6.07 Å². The van der Waals surface area contributed by atoms with Gasteiger partial charge >= 0.3 is 0 Å². The molecule has 0 saturated carbocycles. The van der Waals surface area contributed by atoms with Crippen LogP contribution in [0.2, 0.25) is 0 Å². The summed E-state index contributed by atoms with van der Waals surface area (Å²) in [5, 5.41) is 0. The highest BCUT2D eigenvalue weighted by Crippen LogP contribution is 2.17. The number of rotatable bonds is 3. The van der Waals surface area contributed by atoms with Gasteiger partial charge in [0.25, 0.3) is 0 Å². The van der Waals surface area contributed by atoms with Crippen LogP contribution in [-0.4, -0.2) is 5.78 Å². The van der Waals surface area contributed by atoms with Gasteiger partial charge in [-0.25, -0.2) is 4.39 Å². The Morgan fingerprint density at radius 2 is 1.83 bits per heavy atom. The third-order valence-electron chi connectivity index (χ3n) is 2.53. The van der Waals surface area contributed by atoms with Crippen molar-refractivity contribution in [3.05, 3.63) is 67.5 Å². The van der Waals surface area contributed by atoms with Crippen molar-refractivity contribution in [2.24, 2.45) is 0 Å². The van der Waals surface area contributed by atoms with Gasteiger partial charge in [-0.3, -0.25) is 4.79 Å². The highest BCUT2D eigenvalue weighted by atomic mass is 127. The molecule has 0 fully saturated rings. The van der Waals surface area contributed by atoms with E-state index in [2.05, 4.69) is 38.5 Å². The minimum absolute atomic E-state index is 0.0763. The maximum absolute atomic E-state index is 13.6. The predicted molar refractivity (Wildman–Crippen MR) is 81.3 cm³/mol. The highest BCUT2D eigenvalue weighted by molar-refractivity contribution is 14.1. The number of hydrogen-bond acceptors (Lipinski definition) is 1. The molecule has 0 heterocycles. The van der Waals surface area contributed by atoms with Gasteiger partial charge in [-0.05, 0) is 52.4 Å². The van der Waals surface area contributed by atoms with Crippen molar-refractivity contribution in [2.45, 2.75) is 6.42 Å². The van der Waals surface area contributed by atoms with E-state index in [4.69, 9.17) is 0 Å². The number of ketones is 1. The lowest BCUT2D eigenvalue weighted by Crippen LogP contribution is -2.05. The fourth-order valence-corrected chi connectivity index (χ4v) is 2.27. The third-order valence-corrected chi connectivity index (χ3v) is 3.74. The minimum Gasteiger partial charge on any atom is -0.294 e. The summed E-state index contributed by atoms with van der Waals surface area (Å²) >= 11 is 5.37. The Bertz CT molecular complexity index is 581. The smallest absolute Gasteiger partial charge is 0.167 e. The quantitative estimate of drug-likeness (QED) is 0.525. The second kappa shape index (κ2) is 5.93. The highest BCUT2D eigenvalue weighted by Gasteiger charge is 2.10. The molecule has 0 N–H and O–H groups in total. The monoisotopic (exact) mass is 418 g/mol. The Morgan fingerprint density at radius 1 is 1.17 bits per heavy atom. The van der Waals surface area contributed by atoms with Crippen LogP contribution < -0.4 is 0 Å². The first-order valence-corrected chi connectivity index (χ1v) is 7.16. The van der Waals surface area contributed by atoms with Crippen LogP contribution in [0.15, 0.2) is 46.9 Å². The van der Waals surface area contributed by atoms with Gasteiger partial charge < -0.3 is 0 Å². The molecule has 0 aliphatic rings. The van der Waals surface area contributed by atoms with Gasteiger partial charge in [-0.1, -0.05) is 34.1 Å². The Labute approximate surface area is 127 Å². The number of benzene rings is 2. The first-order chi connectivity index (χ1) is 8.56. The van der Waals surface area contributed by atoms with E-state index in [0.29, 0.717) is 15.6 Å². The normalized spacial score (nSPS) is 10.4. The first-order valence-electron chi connectivity index (χ1n) is 5.29. The van der Waals surface area contributed by atoms with Gasteiger partial charge in [0.15, 0.2) is 5.78 Å². The van der Waals surface area contributed by atoms with Gasteiger partial charge in [0.2, 0.25) is 0 Å². The van der Waals surface area contributed by atoms with E-state index in [1.807, 2.05) is 12.1 Å². The molecule has 0 radical (unpaired) electrons. The second-order valence-electron chi connectivity index (χ2n) is 3.84. The summed E-state index contributed by atoms with van der Waals surface area (Å²) in [6.45, 7) is 0. The molecule has 0 aliphatic carbocycles. The number of hydrogen-bond donors (Lipinski definition) is 0. The maximum atomic E-state index is 13.6. The van der Waals surface area contributed by atoms with Gasteiger partial charge in [0.05, 0.1) is 0 Å². The summed E-state index contributed by atoms with van der Waals surface area (Å²) in [7, 11) is 0. The molecule has 2 rings (SSSR count). The average Bonchev–Trinajstić information content (AvgIpc) is 2.33. The van der Waals surface area contributed by atoms with Gasteiger partial charge in [-0.2, -0.15) is 0 Å². The van der Waals surface area contributed by atoms with Crippen LogP contribution in [0.1, 0.15) is 15.9 Å². The van der Waals surface area contributed by atoms with Crippen molar-refractivity contribution in [1.82, 2.24) is 0 Å². The lowest BCUT2D eigenvalue weighted by Gasteiger charge is -2.04. The van der Waals surface area contributed by atoms with E-state index in [0.717, 1.165) is 3.57 Å². The number of carbonyl (C=O) groups is 1. The van der Waals surface area contributed by atoms with E-state index in [-0.39, 0.29) is 18.0 Å². The van der Waals surface area contributed by atoms with Crippen LogP contribution in [0, 0.1) is 9.39 Å². The molecule has 4 heteroatoms. The zero-order valence-corrected chi connectivity index (χ0v) is 13.0. The first kappa shape index (κ1) is 13.7. The van der Waals surface area contributed by atoms with Crippen molar-refractivity contribution in [2.75, 3.05) is 0 Å². The number of Topliss-reactive ketones (excluding diaryl/α,β-unsaturated/α-hetero) is 1. The summed E-state index contributed by atoms with van der Waals surface area (Å²) in [5.41, 5.74) is 1.03. The van der Waals surface area contributed by atoms with Crippen LogP contribution in [0.4, 0.5) is 4.39 Å². The van der Waals surface area contributed by atoms with E-state index < -0.39 is 0 Å². The third kappa shape index (κ3) is 3.38. The molecule has 0 saturated heterocycles. The Kier molecular flexibility index (Phi) is 4.50. The average molecular weight is 419 g/mol. The molecule has 18 heavy (non-hydrogen) atoms. The molecule has 1 nitrogen and oxygen atoms in total. The summed E-state index contributed by atoms with van der Waals surface area (Å²) in [6, 6.07) is 12.0. The van der Waals surface area contributed by atoms with Gasteiger partial charge in [0.1, 0.15) is 5.82 Å². The molecule has 0 amide bonds. The predicted octanol–water partition coefficient (Wildman–Crippen LogP) is 4.62. The molecule has 92 valence electrons. The SMILES string of the molecule is O=C(Cc1ccc(Br)cc1F)c1ccc(I)cc1. The fourth-order valence-electron chi connectivity index (χ4n) is 1.58. The Balaban J connectivity index is 2.18. The Morgan fingerprint density at radius 3 is 2.44 bits per heavy atom. The van der Waals surface area contributed by atoms with Gasteiger partial charge in [0, 0.05) is 20.0 Å². The summed E-state index contributed by atoms with van der Waals surface area (Å²) in [6.07, 6.45) is 0.0830. The molecule has 0 spiro atoms. The molecule has 2 aromatic carbocycles. The van der Waals surface area contributed by atoms with Crippen molar-refractivity contribution >= 4 is 44.3 Å². The van der Waals surface area contributed by atoms with Gasteiger partial charge in [-0.15, -0.1) is 0 Å². The molecule has 0 aromatic heterocycles. The van der Waals surface area contributed by atoms with Crippen molar-refractivity contribution in [1.29, 1.82) is 0 Å². The molecule has 0 atom stereocenters. The van der Waals surface area contributed by atoms with Crippen molar-refractivity contribution in [3.63, 3.8) is 0 Å². The summed E-state index contributed by atoms with van der Waals surface area (Å²) in [4.78, 5) is 12.0. The van der Waals surface area contributed by atoms with Crippen LogP contribution >= 0.6 is 38.5 Å². The second-order valence-corrected chi connectivity index (χ2v) is 6.00. The lowest BCUT2D eigenvalue weighted by molar-refractivity contribution is 0.0992.